The number of hydrogen-bond acceptors (Lipinski definition) is 4. The molecule has 1 aliphatic heterocycles. The molecule has 4 rings (SSSR count). The fourth-order valence-electron chi connectivity index (χ4n) is 3.77. The number of benzene rings is 2. The summed E-state index contributed by atoms with van der Waals surface area (Å²) >= 11 is 0. The highest BCUT2D eigenvalue weighted by molar-refractivity contribution is 7.89. The van der Waals surface area contributed by atoms with E-state index in [2.05, 4.69) is 10.4 Å². The number of alkyl halides is 3. The molecule has 1 aliphatic rings. The Hall–Kier alpha value is -3.18. The van der Waals surface area contributed by atoms with Gasteiger partial charge in [0.1, 0.15) is 0 Å². The van der Waals surface area contributed by atoms with Gasteiger partial charge in [-0.05, 0) is 49.2 Å². The summed E-state index contributed by atoms with van der Waals surface area (Å²) < 4.78 is 68.3. The summed E-state index contributed by atoms with van der Waals surface area (Å²) in [6.07, 6.45) is -0.696. The van der Waals surface area contributed by atoms with Crippen LogP contribution in [0.1, 0.15) is 18.4 Å². The van der Waals surface area contributed by atoms with Crippen molar-refractivity contribution < 1.29 is 26.4 Å². The molecule has 0 bridgehead atoms. The molecule has 3 aromatic rings. The van der Waals surface area contributed by atoms with E-state index in [4.69, 9.17) is 0 Å². The largest absolute Gasteiger partial charge is 0.416 e. The normalized spacial score (nSPS) is 17.6. The molecule has 1 atom stereocenters. The van der Waals surface area contributed by atoms with Crippen molar-refractivity contribution in [2.24, 2.45) is 5.92 Å². The quantitative estimate of drug-likeness (QED) is 0.602. The van der Waals surface area contributed by atoms with E-state index in [1.165, 1.54) is 33.4 Å². The van der Waals surface area contributed by atoms with Crippen molar-refractivity contribution in [3.8, 4) is 5.69 Å². The highest BCUT2D eigenvalue weighted by Crippen LogP contribution is 2.34. The average molecular weight is 478 g/mol. The number of nitrogens with zero attached hydrogens (tertiary/aromatic N) is 3. The minimum atomic E-state index is -4.59. The molecule has 0 saturated carbocycles. The first-order chi connectivity index (χ1) is 15.7. The van der Waals surface area contributed by atoms with Crippen LogP contribution in [0, 0.1) is 5.92 Å². The van der Waals surface area contributed by atoms with Crippen LogP contribution in [-0.4, -0.2) is 41.5 Å². The first-order valence-electron chi connectivity index (χ1n) is 10.2. The predicted molar refractivity (Wildman–Crippen MR) is 115 cm³/mol. The summed E-state index contributed by atoms with van der Waals surface area (Å²) in [5.41, 5.74) is -0.696. The van der Waals surface area contributed by atoms with Crippen molar-refractivity contribution in [1.29, 1.82) is 0 Å². The lowest BCUT2D eigenvalue weighted by atomic mass is 9.98. The Bertz CT molecular complexity index is 1230. The van der Waals surface area contributed by atoms with Crippen LogP contribution in [0.5, 0.6) is 0 Å². The summed E-state index contributed by atoms with van der Waals surface area (Å²) in [6.45, 7) is 0.211. The summed E-state index contributed by atoms with van der Waals surface area (Å²) in [4.78, 5) is 13.1. The molecule has 0 spiro atoms. The standard InChI is InChI=1S/C22H21F3N4O3S/c23-22(24,25)17-9-10-20(29-13-5-11-26-29)19(14-17)27-21(30)16-6-4-12-28(15-16)33(31,32)18-7-2-1-3-8-18/h1-3,5,7-11,13-14,16H,4,6,12,15H2,(H,27,30). The molecule has 1 N–H and O–H groups in total. The number of sulfonamides is 1. The Kier molecular flexibility index (Phi) is 6.26. The maximum Gasteiger partial charge on any atom is 0.416 e. The van der Waals surface area contributed by atoms with E-state index < -0.39 is 33.6 Å². The summed E-state index contributed by atoms with van der Waals surface area (Å²) in [5, 5.41) is 6.60. The third-order valence-electron chi connectivity index (χ3n) is 5.47. The van der Waals surface area contributed by atoms with Crippen molar-refractivity contribution in [3.63, 3.8) is 0 Å². The lowest BCUT2D eigenvalue weighted by molar-refractivity contribution is -0.137. The maximum atomic E-state index is 13.3. The van der Waals surface area contributed by atoms with E-state index in [0.29, 0.717) is 12.8 Å². The SMILES string of the molecule is O=C(Nc1cc(C(F)(F)F)ccc1-n1cccn1)C1CCCN(S(=O)(=O)c2ccccc2)C1. The third-order valence-corrected chi connectivity index (χ3v) is 7.35. The van der Waals surface area contributed by atoms with Gasteiger partial charge in [0, 0.05) is 25.5 Å². The van der Waals surface area contributed by atoms with Crippen LogP contribution < -0.4 is 5.32 Å². The highest BCUT2D eigenvalue weighted by atomic mass is 32.2. The summed E-state index contributed by atoms with van der Waals surface area (Å²) in [5.74, 6) is -1.26. The zero-order chi connectivity index (χ0) is 23.6. The number of nitrogens with one attached hydrogen (secondary N) is 1. The second-order valence-electron chi connectivity index (χ2n) is 7.68. The van der Waals surface area contributed by atoms with Crippen molar-refractivity contribution in [2.45, 2.75) is 23.9 Å². The molecule has 33 heavy (non-hydrogen) atoms. The van der Waals surface area contributed by atoms with Gasteiger partial charge in [0.2, 0.25) is 15.9 Å². The first kappa shape index (κ1) is 23.0. The van der Waals surface area contributed by atoms with Crippen LogP contribution in [0.2, 0.25) is 0 Å². The van der Waals surface area contributed by atoms with E-state index >= 15 is 0 Å². The second-order valence-corrected chi connectivity index (χ2v) is 9.62. The molecule has 11 heteroatoms. The zero-order valence-electron chi connectivity index (χ0n) is 17.4. The van der Waals surface area contributed by atoms with E-state index in [1.54, 1.807) is 30.5 Å². The van der Waals surface area contributed by atoms with E-state index in [1.807, 2.05) is 0 Å². The van der Waals surface area contributed by atoms with Crippen LogP contribution in [0.15, 0.2) is 71.9 Å². The van der Waals surface area contributed by atoms with E-state index in [0.717, 1.165) is 12.1 Å². The minimum Gasteiger partial charge on any atom is -0.324 e. The van der Waals surface area contributed by atoms with Crippen molar-refractivity contribution in [1.82, 2.24) is 14.1 Å². The average Bonchev–Trinajstić information content (AvgIpc) is 3.34. The number of rotatable bonds is 5. The fraction of sp³-hybridized carbons (Fsp3) is 0.273. The maximum absolute atomic E-state index is 13.3. The second kappa shape index (κ2) is 8.99. The molecular formula is C22H21F3N4O3S. The third kappa shape index (κ3) is 4.93. The molecule has 1 fully saturated rings. The van der Waals surface area contributed by atoms with Gasteiger partial charge in [0.05, 0.1) is 27.8 Å². The number of halogens is 3. The number of hydrogen-bond donors (Lipinski definition) is 1. The molecule has 1 saturated heterocycles. The smallest absolute Gasteiger partial charge is 0.324 e. The molecule has 174 valence electrons. The van der Waals surface area contributed by atoms with Crippen molar-refractivity contribution in [2.75, 3.05) is 18.4 Å². The molecule has 0 aliphatic carbocycles. The molecule has 2 heterocycles. The molecule has 7 nitrogen and oxygen atoms in total. The molecule has 2 aromatic carbocycles. The lowest BCUT2D eigenvalue weighted by Crippen LogP contribution is -2.43. The number of carbonyl (C=O) groups is 1. The van der Waals surface area contributed by atoms with Gasteiger partial charge in [-0.25, -0.2) is 13.1 Å². The first-order valence-corrected chi connectivity index (χ1v) is 11.7. The van der Waals surface area contributed by atoms with Crippen molar-refractivity contribution >= 4 is 21.6 Å². The highest BCUT2D eigenvalue weighted by Gasteiger charge is 2.35. The molecule has 1 aromatic heterocycles. The number of anilines is 1. The molecule has 1 unspecified atom stereocenters. The topological polar surface area (TPSA) is 84.3 Å². The molecule has 1 amide bonds. The number of piperidine rings is 1. The molecular weight excluding hydrogens is 457 g/mol. The molecule has 0 radical (unpaired) electrons. The van der Waals surface area contributed by atoms with Crippen LogP contribution >= 0.6 is 0 Å². The summed E-state index contributed by atoms with van der Waals surface area (Å²) in [7, 11) is -3.78. The van der Waals surface area contributed by atoms with Gasteiger partial charge in [-0.15, -0.1) is 0 Å². The minimum absolute atomic E-state index is 0.0541. The van der Waals surface area contributed by atoms with Crippen LogP contribution in [0.3, 0.4) is 0 Å². The Balaban J connectivity index is 1.58. The van der Waals surface area contributed by atoms with Gasteiger partial charge < -0.3 is 5.32 Å². The number of carbonyl (C=O) groups excluding carboxylic acids is 1. The Morgan fingerprint density at radius 1 is 1.09 bits per heavy atom. The van der Waals surface area contributed by atoms with Crippen molar-refractivity contribution in [3.05, 3.63) is 72.6 Å². The summed E-state index contributed by atoms with van der Waals surface area (Å²) in [6, 6.07) is 12.5. The Morgan fingerprint density at radius 2 is 1.85 bits per heavy atom. The van der Waals surface area contributed by atoms with Gasteiger partial charge in [0.15, 0.2) is 0 Å². The van der Waals surface area contributed by atoms with Gasteiger partial charge in [-0.1, -0.05) is 18.2 Å². The van der Waals surface area contributed by atoms with Gasteiger partial charge in [-0.3, -0.25) is 4.79 Å². The number of aromatic nitrogens is 2. The van der Waals surface area contributed by atoms with Crippen LogP contribution in [0.25, 0.3) is 5.69 Å². The van der Waals surface area contributed by atoms with Gasteiger partial charge in [0.25, 0.3) is 0 Å². The zero-order valence-corrected chi connectivity index (χ0v) is 18.2. The Morgan fingerprint density at radius 3 is 2.52 bits per heavy atom. The predicted octanol–water partition coefficient (Wildman–Crippen LogP) is 3.93. The van der Waals surface area contributed by atoms with Crippen LogP contribution in [0.4, 0.5) is 18.9 Å². The Labute approximate surface area is 188 Å². The fourth-order valence-corrected chi connectivity index (χ4v) is 5.32. The van der Waals surface area contributed by atoms with Crippen LogP contribution in [-0.2, 0) is 21.0 Å². The van der Waals surface area contributed by atoms with E-state index in [-0.39, 0.29) is 29.4 Å². The lowest BCUT2D eigenvalue weighted by Gasteiger charge is -2.31. The monoisotopic (exact) mass is 478 g/mol. The van der Waals surface area contributed by atoms with E-state index in [9.17, 15) is 26.4 Å². The van der Waals surface area contributed by atoms with Gasteiger partial charge >= 0.3 is 6.18 Å². The van der Waals surface area contributed by atoms with Gasteiger partial charge in [-0.2, -0.15) is 22.6 Å². The number of amides is 1.